The van der Waals surface area contributed by atoms with Gasteiger partial charge in [0.1, 0.15) is 10.8 Å². The minimum absolute atomic E-state index is 0.0538. The highest BCUT2D eigenvalue weighted by molar-refractivity contribution is 7.98. The fourth-order valence-corrected chi connectivity index (χ4v) is 5.09. The van der Waals surface area contributed by atoms with Gasteiger partial charge in [0.2, 0.25) is 11.0 Å². The van der Waals surface area contributed by atoms with Crippen LogP contribution in [0.15, 0.2) is 41.3 Å². The lowest BCUT2D eigenvalue weighted by Crippen LogP contribution is -2.24. The SMILES string of the molecule is COc1cc(SC)ccc1C(=O)Nc1nnc([C@H]2CC(=O)N(c3cc(C)cc(C)c3)C2)s1. The van der Waals surface area contributed by atoms with Crippen molar-refractivity contribution in [2.45, 2.75) is 31.1 Å². The fourth-order valence-electron chi connectivity index (χ4n) is 3.83. The second kappa shape index (κ2) is 9.30. The molecule has 2 heterocycles. The molecule has 0 bridgehead atoms. The molecular formula is C23H24N4O3S2. The van der Waals surface area contributed by atoms with Crippen LogP contribution in [0.25, 0.3) is 0 Å². The van der Waals surface area contributed by atoms with Gasteiger partial charge in [-0.05, 0) is 61.6 Å². The van der Waals surface area contributed by atoms with Gasteiger partial charge in [0.15, 0.2) is 0 Å². The van der Waals surface area contributed by atoms with E-state index < -0.39 is 0 Å². The summed E-state index contributed by atoms with van der Waals surface area (Å²) in [4.78, 5) is 28.2. The van der Waals surface area contributed by atoms with Gasteiger partial charge in [-0.25, -0.2) is 0 Å². The summed E-state index contributed by atoms with van der Waals surface area (Å²) in [5.41, 5.74) is 3.59. The predicted octanol–water partition coefficient (Wildman–Crippen LogP) is 4.66. The van der Waals surface area contributed by atoms with Gasteiger partial charge in [0, 0.05) is 29.5 Å². The van der Waals surface area contributed by atoms with Gasteiger partial charge < -0.3 is 9.64 Å². The second-order valence-electron chi connectivity index (χ2n) is 7.72. The normalized spacial score (nSPS) is 15.8. The number of thioether (sulfide) groups is 1. The number of carbonyl (C=O) groups is 2. The molecule has 0 saturated carbocycles. The molecule has 7 nitrogen and oxygen atoms in total. The Bertz CT molecular complexity index is 1160. The van der Waals surface area contributed by atoms with Gasteiger partial charge in [0.25, 0.3) is 5.91 Å². The lowest BCUT2D eigenvalue weighted by molar-refractivity contribution is -0.117. The molecule has 1 N–H and O–H groups in total. The third-order valence-corrected chi connectivity index (χ3v) is 7.03. The standard InChI is InChI=1S/C23H24N4O3S2/c1-13-7-14(2)9-16(8-13)27-12-15(10-20(27)28)22-25-26-23(32-22)24-21(29)18-6-5-17(31-4)11-19(18)30-3/h5-9,11,15H,10,12H2,1-4H3,(H,24,26,29)/t15-/m0/s1. The lowest BCUT2D eigenvalue weighted by Gasteiger charge is -2.17. The Morgan fingerprint density at radius 3 is 2.62 bits per heavy atom. The third kappa shape index (κ3) is 4.63. The summed E-state index contributed by atoms with van der Waals surface area (Å²) >= 11 is 2.88. The molecule has 0 spiro atoms. The van der Waals surface area contributed by atoms with Crippen LogP contribution < -0.4 is 15.0 Å². The number of amides is 2. The minimum Gasteiger partial charge on any atom is -0.496 e. The van der Waals surface area contributed by atoms with Crippen molar-refractivity contribution in [3.63, 3.8) is 0 Å². The van der Waals surface area contributed by atoms with Crippen molar-refractivity contribution in [3.05, 3.63) is 58.1 Å². The number of aromatic nitrogens is 2. The summed E-state index contributed by atoms with van der Waals surface area (Å²) in [6.45, 7) is 4.60. The second-order valence-corrected chi connectivity index (χ2v) is 9.61. The van der Waals surface area contributed by atoms with Gasteiger partial charge in [-0.1, -0.05) is 17.4 Å². The van der Waals surface area contributed by atoms with E-state index in [9.17, 15) is 9.59 Å². The molecule has 0 aliphatic carbocycles. The lowest BCUT2D eigenvalue weighted by atomic mass is 10.1. The number of anilines is 2. The summed E-state index contributed by atoms with van der Waals surface area (Å²) in [5.74, 6) is 0.211. The molecule has 3 aromatic rings. The fraction of sp³-hybridized carbons (Fsp3) is 0.304. The molecule has 0 radical (unpaired) electrons. The molecule has 32 heavy (non-hydrogen) atoms. The number of nitrogens with zero attached hydrogens (tertiary/aromatic N) is 3. The van der Waals surface area contributed by atoms with Crippen molar-refractivity contribution in [1.29, 1.82) is 0 Å². The molecule has 1 aromatic heterocycles. The molecule has 1 saturated heterocycles. The van der Waals surface area contributed by atoms with Gasteiger partial charge in [0.05, 0.1) is 12.7 Å². The zero-order chi connectivity index (χ0) is 22.8. The first-order chi connectivity index (χ1) is 15.4. The van der Waals surface area contributed by atoms with E-state index in [2.05, 4.69) is 21.6 Å². The molecule has 0 unspecified atom stereocenters. The number of hydrogen-bond acceptors (Lipinski definition) is 7. The monoisotopic (exact) mass is 468 g/mol. The Labute approximate surface area is 195 Å². The van der Waals surface area contributed by atoms with E-state index >= 15 is 0 Å². The molecule has 1 aliphatic heterocycles. The molecule has 2 aromatic carbocycles. The highest BCUT2D eigenvalue weighted by Gasteiger charge is 2.34. The van der Waals surface area contributed by atoms with E-state index in [0.29, 0.717) is 29.4 Å². The number of hydrogen-bond donors (Lipinski definition) is 1. The van der Waals surface area contributed by atoms with Crippen molar-refractivity contribution < 1.29 is 14.3 Å². The maximum absolute atomic E-state index is 12.8. The molecule has 4 rings (SSSR count). The van der Waals surface area contributed by atoms with Gasteiger partial charge >= 0.3 is 0 Å². The maximum Gasteiger partial charge on any atom is 0.261 e. The topological polar surface area (TPSA) is 84.4 Å². The van der Waals surface area contributed by atoms with Crippen molar-refractivity contribution in [2.75, 3.05) is 30.1 Å². The van der Waals surface area contributed by atoms with Crippen LogP contribution in [-0.2, 0) is 4.79 Å². The van der Waals surface area contributed by atoms with E-state index in [1.165, 1.54) is 18.4 Å². The van der Waals surface area contributed by atoms with Crippen LogP contribution >= 0.6 is 23.1 Å². The number of carbonyl (C=O) groups excluding carboxylic acids is 2. The molecule has 2 amide bonds. The Morgan fingerprint density at radius 1 is 1.19 bits per heavy atom. The first kappa shape index (κ1) is 22.3. The Balaban J connectivity index is 1.47. The average molecular weight is 469 g/mol. The number of methoxy groups -OCH3 is 1. The van der Waals surface area contributed by atoms with E-state index in [-0.39, 0.29) is 17.7 Å². The Morgan fingerprint density at radius 2 is 1.94 bits per heavy atom. The summed E-state index contributed by atoms with van der Waals surface area (Å²) in [6.07, 6.45) is 2.34. The van der Waals surface area contributed by atoms with E-state index in [1.807, 2.05) is 49.3 Å². The van der Waals surface area contributed by atoms with E-state index in [4.69, 9.17) is 4.74 Å². The quantitative estimate of drug-likeness (QED) is 0.530. The Kier molecular flexibility index (Phi) is 6.48. The first-order valence-corrected chi connectivity index (χ1v) is 12.2. The molecule has 1 fully saturated rings. The number of aryl methyl sites for hydroxylation is 2. The highest BCUT2D eigenvalue weighted by Crippen LogP contribution is 2.35. The largest absolute Gasteiger partial charge is 0.496 e. The zero-order valence-electron chi connectivity index (χ0n) is 18.3. The van der Waals surface area contributed by atoms with Crippen molar-refractivity contribution in [1.82, 2.24) is 10.2 Å². The summed E-state index contributed by atoms with van der Waals surface area (Å²) in [5, 5.41) is 12.3. The van der Waals surface area contributed by atoms with Crippen LogP contribution in [0.3, 0.4) is 0 Å². The zero-order valence-corrected chi connectivity index (χ0v) is 20.0. The predicted molar refractivity (Wildman–Crippen MR) is 128 cm³/mol. The third-order valence-electron chi connectivity index (χ3n) is 5.31. The number of ether oxygens (including phenoxy) is 1. The minimum atomic E-state index is -0.309. The van der Waals surface area contributed by atoms with Crippen LogP contribution in [-0.4, -0.2) is 41.9 Å². The van der Waals surface area contributed by atoms with Gasteiger partial charge in [-0.15, -0.1) is 22.0 Å². The highest BCUT2D eigenvalue weighted by atomic mass is 32.2. The maximum atomic E-state index is 12.8. The Hall–Kier alpha value is -2.91. The van der Waals surface area contributed by atoms with Crippen LogP contribution in [0, 0.1) is 13.8 Å². The summed E-state index contributed by atoms with van der Waals surface area (Å²) in [7, 11) is 1.54. The van der Waals surface area contributed by atoms with Gasteiger partial charge in [-0.3, -0.25) is 14.9 Å². The summed E-state index contributed by atoms with van der Waals surface area (Å²) in [6, 6.07) is 11.6. The van der Waals surface area contributed by atoms with Crippen LogP contribution in [0.2, 0.25) is 0 Å². The van der Waals surface area contributed by atoms with Crippen molar-refractivity contribution >= 4 is 45.7 Å². The molecule has 1 atom stereocenters. The summed E-state index contributed by atoms with van der Waals surface area (Å²) < 4.78 is 5.37. The first-order valence-electron chi connectivity index (χ1n) is 10.1. The number of nitrogens with one attached hydrogen (secondary N) is 1. The van der Waals surface area contributed by atoms with Crippen LogP contribution in [0.4, 0.5) is 10.8 Å². The molecule has 1 aliphatic rings. The van der Waals surface area contributed by atoms with Crippen molar-refractivity contribution in [3.8, 4) is 5.75 Å². The number of rotatable bonds is 6. The average Bonchev–Trinajstić information content (AvgIpc) is 3.39. The smallest absolute Gasteiger partial charge is 0.261 e. The van der Waals surface area contributed by atoms with Crippen LogP contribution in [0.1, 0.15) is 38.8 Å². The van der Waals surface area contributed by atoms with Crippen LogP contribution in [0.5, 0.6) is 5.75 Å². The van der Waals surface area contributed by atoms with E-state index in [0.717, 1.165) is 26.7 Å². The van der Waals surface area contributed by atoms with Crippen molar-refractivity contribution in [2.24, 2.45) is 0 Å². The molecule has 9 heteroatoms. The molecule has 166 valence electrons. The van der Waals surface area contributed by atoms with E-state index in [1.54, 1.807) is 17.8 Å². The van der Waals surface area contributed by atoms with Gasteiger partial charge in [-0.2, -0.15) is 0 Å². The number of benzene rings is 2. The molecular weight excluding hydrogens is 444 g/mol.